The lowest BCUT2D eigenvalue weighted by Gasteiger charge is -2.35. The molecule has 2 aromatic carbocycles. The molecular weight excluding hydrogens is 441 g/mol. The number of benzene rings is 2. The van der Waals surface area contributed by atoms with Crippen LogP contribution >= 0.6 is 0 Å². The van der Waals surface area contributed by atoms with Crippen LogP contribution in [0.15, 0.2) is 66.9 Å². The van der Waals surface area contributed by atoms with Gasteiger partial charge in [0.25, 0.3) is 5.91 Å². The number of amides is 1. The molecule has 180 valence electrons. The van der Waals surface area contributed by atoms with Crippen LogP contribution < -0.4 is 4.74 Å². The molecule has 1 aromatic heterocycles. The van der Waals surface area contributed by atoms with E-state index >= 15 is 0 Å². The first-order valence-corrected chi connectivity index (χ1v) is 11.6. The van der Waals surface area contributed by atoms with E-state index in [2.05, 4.69) is 4.57 Å². The van der Waals surface area contributed by atoms with E-state index in [0.29, 0.717) is 13.1 Å². The van der Waals surface area contributed by atoms with Gasteiger partial charge in [0.05, 0.1) is 19.2 Å². The van der Waals surface area contributed by atoms with Crippen molar-refractivity contribution in [3.63, 3.8) is 0 Å². The zero-order valence-corrected chi connectivity index (χ0v) is 19.2. The number of alkyl halides is 3. The average molecular weight is 471 g/mol. The Balaban J connectivity index is 1.58. The summed E-state index contributed by atoms with van der Waals surface area (Å²) in [4.78, 5) is 15.3. The molecule has 34 heavy (non-hydrogen) atoms. The standard InChI is InChI=1S/C27H29F3N2O2/c1-34-25-11-5-7-20(17-25)18-31-16-6-10-24(31)19-32(23-8-3-2-4-9-23)26(33)21-12-14-22(15-13-21)27(28,29)30/h5-7,10-17,23H,2-4,8-9,18-19H2,1H3. The van der Waals surface area contributed by atoms with E-state index in [1.54, 1.807) is 7.11 Å². The van der Waals surface area contributed by atoms with Crippen molar-refractivity contribution in [3.05, 3.63) is 89.2 Å². The summed E-state index contributed by atoms with van der Waals surface area (Å²) in [5, 5.41) is 0. The van der Waals surface area contributed by atoms with Crippen molar-refractivity contribution in [3.8, 4) is 5.75 Å². The van der Waals surface area contributed by atoms with Crippen LogP contribution in [0.2, 0.25) is 0 Å². The highest BCUT2D eigenvalue weighted by Gasteiger charge is 2.31. The lowest BCUT2D eigenvalue weighted by molar-refractivity contribution is -0.137. The maximum absolute atomic E-state index is 13.5. The van der Waals surface area contributed by atoms with Gasteiger partial charge in [-0.1, -0.05) is 31.4 Å². The third-order valence-electron chi connectivity index (χ3n) is 6.48. The molecule has 1 fully saturated rings. The fourth-order valence-electron chi connectivity index (χ4n) is 4.62. The summed E-state index contributed by atoms with van der Waals surface area (Å²) in [6, 6.07) is 16.4. The molecule has 0 spiro atoms. The van der Waals surface area contributed by atoms with Gasteiger partial charge in [-0.25, -0.2) is 0 Å². The highest BCUT2D eigenvalue weighted by Crippen LogP contribution is 2.30. The Morgan fingerprint density at radius 2 is 1.76 bits per heavy atom. The van der Waals surface area contributed by atoms with Crippen molar-refractivity contribution in [1.29, 1.82) is 0 Å². The van der Waals surface area contributed by atoms with Crippen LogP contribution in [-0.2, 0) is 19.3 Å². The van der Waals surface area contributed by atoms with E-state index in [1.165, 1.54) is 12.1 Å². The zero-order chi connectivity index (χ0) is 24.1. The van der Waals surface area contributed by atoms with Gasteiger partial charge in [0.1, 0.15) is 5.75 Å². The van der Waals surface area contributed by atoms with Crippen molar-refractivity contribution in [2.75, 3.05) is 7.11 Å². The van der Waals surface area contributed by atoms with Crippen LogP contribution in [0.4, 0.5) is 13.2 Å². The Morgan fingerprint density at radius 1 is 1.03 bits per heavy atom. The lowest BCUT2D eigenvalue weighted by Crippen LogP contribution is -2.41. The van der Waals surface area contributed by atoms with E-state index in [0.717, 1.165) is 61.2 Å². The van der Waals surface area contributed by atoms with Crippen molar-refractivity contribution in [2.45, 2.75) is 57.4 Å². The number of methoxy groups -OCH3 is 1. The number of carbonyl (C=O) groups excluding carboxylic acids is 1. The highest BCUT2D eigenvalue weighted by molar-refractivity contribution is 5.94. The molecule has 4 rings (SSSR count). The Kier molecular flexibility index (Phi) is 7.29. The quantitative estimate of drug-likeness (QED) is 0.393. The first kappa shape index (κ1) is 23.9. The van der Waals surface area contributed by atoms with Gasteiger partial charge < -0.3 is 14.2 Å². The van der Waals surface area contributed by atoms with Gasteiger partial charge in [-0.15, -0.1) is 0 Å². The second kappa shape index (κ2) is 10.4. The first-order chi connectivity index (χ1) is 16.3. The minimum atomic E-state index is -4.43. The van der Waals surface area contributed by atoms with Gasteiger partial charge in [-0.2, -0.15) is 13.2 Å². The van der Waals surface area contributed by atoms with E-state index < -0.39 is 11.7 Å². The summed E-state index contributed by atoms with van der Waals surface area (Å²) in [5.41, 5.74) is 1.59. The summed E-state index contributed by atoms with van der Waals surface area (Å²) in [6.07, 6.45) is 2.61. The number of carbonyl (C=O) groups is 1. The van der Waals surface area contributed by atoms with E-state index in [-0.39, 0.29) is 17.5 Å². The number of rotatable bonds is 7. The molecular formula is C27H29F3N2O2. The number of ether oxygens (including phenoxy) is 1. The van der Waals surface area contributed by atoms with Gasteiger partial charge in [0.15, 0.2) is 0 Å². The maximum atomic E-state index is 13.5. The van der Waals surface area contributed by atoms with Gasteiger partial charge in [-0.05, 0) is 66.9 Å². The van der Waals surface area contributed by atoms with E-state index in [4.69, 9.17) is 4.74 Å². The second-order valence-electron chi connectivity index (χ2n) is 8.78. The Morgan fingerprint density at radius 3 is 2.44 bits per heavy atom. The molecule has 1 aliphatic carbocycles. The lowest BCUT2D eigenvalue weighted by atomic mass is 9.93. The maximum Gasteiger partial charge on any atom is 0.416 e. The number of aromatic nitrogens is 1. The summed E-state index contributed by atoms with van der Waals surface area (Å²) < 4.78 is 46.4. The molecule has 1 aliphatic rings. The van der Waals surface area contributed by atoms with Crippen LogP contribution in [0, 0.1) is 0 Å². The normalized spacial score (nSPS) is 14.7. The largest absolute Gasteiger partial charge is 0.497 e. The molecule has 0 radical (unpaired) electrons. The molecule has 0 aliphatic heterocycles. The van der Waals surface area contributed by atoms with Gasteiger partial charge in [0.2, 0.25) is 0 Å². The Hall–Kier alpha value is -3.22. The third-order valence-corrected chi connectivity index (χ3v) is 6.48. The Bertz CT molecular complexity index is 1100. The molecule has 0 saturated heterocycles. The molecule has 4 nitrogen and oxygen atoms in total. The summed E-state index contributed by atoms with van der Waals surface area (Å²) in [6.45, 7) is 1.04. The molecule has 0 atom stereocenters. The minimum absolute atomic E-state index is 0.0729. The molecule has 0 unspecified atom stereocenters. The van der Waals surface area contributed by atoms with Crippen molar-refractivity contribution < 1.29 is 22.7 Å². The predicted molar refractivity (Wildman–Crippen MR) is 125 cm³/mol. The van der Waals surface area contributed by atoms with Gasteiger partial charge >= 0.3 is 6.18 Å². The fraction of sp³-hybridized carbons (Fsp3) is 0.370. The smallest absolute Gasteiger partial charge is 0.416 e. The zero-order valence-electron chi connectivity index (χ0n) is 19.2. The number of hydrogen-bond acceptors (Lipinski definition) is 2. The van der Waals surface area contributed by atoms with Crippen molar-refractivity contribution in [2.24, 2.45) is 0 Å². The predicted octanol–water partition coefficient (Wildman–Crippen LogP) is 6.54. The van der Waals surface area contributed by atoms with Crippen LogP contribution in [0.1, 0.15) is 59.3 Å². The molecule has 7 heteroatoms. The average Bonchev–Trinajstić information content (AvgIpc) is 3.28. The SMILES string of the molecule is COc1cccc(Cn2cccc2CN(C(=O)c2ccc(C(F)(F)F)cc2)C2CCCCC2)c1. The molecule has 0 N–H and O–H groups in total. The van der Waals surface area contributed by atoms with Crippen LogP contribution in [0.25, 0.3) is 0 Å². The summed E-state index contributed by atoms with van der Waals surface area (Å²) in [7, 11) is 1.63. The van der Waals surface area contributed by atoms with Crippen LogP contribution in [0.5, 0.6) is 5.75 Å². The topological polar surface area (TPSA) is 34.5 Å². The minimum Gasteiger partial charge on any atom is -0.497 e. The fourth-order valence-corrected chi connectivity index (χ4v) is 4.62. The third kappa shape index (κ3) is 5.64. The second-order valence-corrected chi connectivity index (χ2v) is 8.78. The van der Waals surface area contributed by atoms with Crippen molar-refractivity contribution >= 4 is 5.91 Å². The van der Waals surface area contributed by atoms with Crippen LogP contribution in [0.3, 0.4) is 0 Å². The molecule has 1 amide bonds. The highest BCUT2D eigenvalue weighted by atomic mass is 19.4. The first-order valence-electron chi connectivity index (χ1n) is 11.6. The van der Waals surface area contributed by atoms with E-state index in [9.17, 15) is 18.0 Å². The molecule has 0 bridgehead atoms. The molecule has 3 aromatic rings. The number of halogens is 3. The van der Waals surface area contributed by atoms with Crippen molar-refractivity contribution in [1.82, 2.24) is 9.47 Å². The molecule has 1 saturated carbocycles. The van der Waals surface area contributed by atoms with Gasteiger partial charge in [0, 0.05) is 30.0 Å². The summed E-state index contributed by atoms with van der Waals surface area (Å²) in [5.74, 6) is 0.558. The number of nitrogens with zero attached hydrogens (tertiary/aromatic N) is 2. The monoisotopic (exact) mass is 470 g/mol. The summed E-state index contributed by atoms with van der Waals surface area (Å²) >= 11 is 0. The van der Waals surface area contributed by atoms with E-state index in [1.807, 2.05) is 47.5 Å². The van der Waals surface area contributed by atoms with Crippen LogP contribution in [-0.4, -0.2) is 28.5 Å². The Labute approximate surface area is 198 Å². The number of hydrogen-bond donors (Lipinski definition) is 0. The molecule has 1 heterocycles. The van der Waals surface area contributed by atoms with Gasteiger partial charge in [-0.3, -0.25) is 4.79 Å².